The van der Waals surface area contributed by atoms with Gasteiger partial charge in [0.2, 0.25) is 0 Å². The molecule has 1 amide bonds. The van der Waals surface area contributed by atoms with Crippen LogP contribution in [0.4, 0.5) is 5.69 Å². The highest BCUT2D eigenvalue weighted by Crippen LogP contribution is 2.26. The van der Waals surface area contributed by atoms with Crippen molar-refractivity contribution < 1.29 is 9.90 Å². The standard InChI is InChI=1S/C15H15NO2S/c1-10-7-8-12(13(17)9-10)16-15(18)11-5-3-4-6-14(11)19-2/h3-9,17H,1-2H3,(H,16,18). The Kier molecular flexibility index (Phi) is 4.12. The maximum absolute atomic E-state index is 12.2. The predicted octanol–water partition coefficient (Wildman–Crippen LogP) is 3.67. The van der Waals surface area contributed by atoms with E-state index in [1.807, 2.05) is 37.4 Å². The molecule has 2 aromatic rings. The van der Waals surface area contributed by atoms with Gasteiger partial charge in [0.05, 0.1) is 11.3 Å². The Balaban J connectivity index is 2.26. The Bertz CT molecular complexity index is 611. The molecule has 0 heterocycles. The van der Waals surface area contributed by atoms with Gasteiger partial charge in [-0.25, -0.2) is 0 Å². The fraction of sp³-hybridized carbons (Fsp3) is 0.133. The van der Waals surface area contributed by atoms with E-state index >= 15 is 0 Å². The number of aromatic hydroxyl groups is 1. The molecular weight excluding hydrogens is 258 g/mol. The van der Waals surface area contributed by atoms with Crippen LogP contribution in [0.3, 0.4) is 0 Å². The first-order valence-corrected chi connectivity index (χ1v) is 7.08. The monoisotopic (exact) mass is 273 g/mol. The van der Waals surface area contributed by atoms with Gasteiger partial charge in [0.25, 0.3) is 5.91 Å². The van der Waals surface area contributed by atoms with Gasteiger partial charge in [0.1, 0.15) is 5.75 Å². The second-order valence-corrected chi connectivity index (χ2v) is 5.02. The molecule has 0 aliphatic carbocycles. The highest BCUT2D eigenvalue weighted by Gasteiger charge is 2.12. The number of benzene rings is 2. The smallest absolute Gasteiger partial charge is 0.256 e. The lowest BCUT2D eigenvalue weighted by molar-refractivity contribution is 0.102. The summed E-state index contributed by atoms with van der Waals surface area (Å²) >= 11 is 1.52. The fourth-order valence-electron chi connectivity index (χ4n) is 1.77. The predicted molar refractivity (Wildman–Crippen MR) is 79.0 cm³/mol. The number of phenolic OH excluding ortho intramolecular Hbond substituents is 1. The highest BCUT2D eigenvalue weighted by molar-refractivity contribution is 7.98. The number of nitrogens with one attached hydrogen (secondary N) is 1. The molecule has 98 valence electrons. The molecular formula is C15H15NO2S. The topological polar surface area (TPSA) is 49.3 Å². The largest absolute Gasteiger partial charge is 0.506 e. The third-order valence-corrected chi connectivity index (χ3v) is 3.55. The van der Waals surface area contributed by atoms with Gasteiger partial charge >= 0.3 is 0 Å². The Morgan fingerprint density at radius 2 is 1.95 bits per heavy atom. The van der Waals surface area contributed by atoms with E-state index in [2.05, 4.69) is 5.32 Å². The summed E-state index contributed by atoms with van der Waals surface area (Å²) in [6, 6.07) is 12.5. The molecule has 0 radical (unpaired) electrons. The minimum Gasteiger partial charge on any atom is -0.506 e. The average molecular weight is 273 g/mol. The second-order valence-electron chi connectivity index (χ2n) is 4.18. The fourth-order valence-corrected chi connectivity index (χ4v) is 2.36. The molecule has 0 atom stereocenters. The number of rotatable bonds is 3. The Labute approximate surface area is 116 Å². The molecule has 2 aromatic carbocycles. The summed E-state index contributed by atoms with van der Waals surface area (Å²) < 4.78 is 0. The summed E-state index contributed by atoms with van der Waals surface area (Å²) in [7, 11) is 0. The Hall–Kier alpha value is -1.94. The molecule has 19 heavy (non-hydrogen) atoms. The van der Waals surface area contributed by atoms with Gasteiger partial charge in [0.15, 0.2) is 0 Å². The first-order chi connectivity index (χ1) is 9.11. The van der Waals surface area contributed by atoms with Crippen LogP contribution in [0.15, 0.2) is 47.4 Å². The SMILES string of the molecule is CSc1ccccc1C(=O)Nc1ccc(C)cc1O. The van der Waals surface area contributed by atoms with Crippen LogP contribution >= 0.6 is 11.8 Å². The van der Waals surface area contributed by atoms with Crippen molar-refractivity contribution in [2.24, 2.45) is 0 Å². The van der Waals surface area contributed by atoms with Gasteiger partial charge in [-0.05, 0) is 43.0 Å². The van der Waals surface area contributed by atoms with E-state index in [0.29, 0.717) is 11.3 Å². The third-order valence-electron chi connectivity index (χ3n) is 2.75. The molecule has 0 unspecified atom stereocenters. The molecule has 2 N–H and O–H groups in total. The first kappa shape index (κ1) is 13.5. The molecule has 0 spiro atoms. The van der Waals surface area contributed by atoms with Gasteiger partial charge in [-0.1, -0.05) is 18.2 Å². The normalized spacial score (nSPS) is 10.2. The molecule has 0 saturated carbocycles. The number of aryl methyl sites for hydroxylation is 1. The number of thioether (sulfide) groups is 1. The van der Waals surface area contributed by atoms with E-state index in [4.69, 9.17) is 0 Å². The van der Waals surface area contributed by atoms with E-state index in [0.717, 1.165) is 10.5 Å². The summed E-state index contributed by atoms with van der Waals surface area (Å²) in [6.07, 6.45) is 1.93. The van der Waals surface area contributed by atoms with Crippen LogP contribution in [0.2, 0.25) is 0 Å². The molecule has 0 saturated heterocycles. The van der Waals surface area contributed by atoms with Crippen LogP contribution in [0.1, 0.15) is 15.9 Å². The van der Waals surface area contributed by atoms with E-state index in [9.17, 15) is 9.90 Å². The van der Waals surface area contributed by atoms with E-state index in [1.165, 1.54) is 11.8 Å². The van der Waals surface area contributed by atoms with Crippen molar-refractivity contribution in [3.05, 3.63) is 53.6 Å². The number of hydrogen-bond donors (Lipinski definition) is 2. The zero-order valence-corrected chi connectivity index (χ0v) is 11.6. The number of anilines is 1. The lowest BCUT2D eigenvalue weighted by Gasteiger charge is -2.10. The molecule has 0 fully saturated rings. The van der Waals surface area contributed by atoms with Crippen LogP contribution in [0.25, 0.3) is 0 Å². The molecule has 0 aliphatic heterocycles. The molecule has 0 bridgehead atoms. The number of carbonyl (C=O) groups excluding carboxylic acids is 1. The van der Waals surface area contributed by atoms with Crippen molar-refractivity contribution in [1.82, 2.24) is 0 Å². The van der Waals surface area contributed by atoms with Crippen molar-refractivity contribution in [2.45, 2.75) is 11.8 Å². The van der Waals surface area contributed by atoms with Crippen molar-refractivity contribution in [1.29, 1.82) is 0 Å². The lowest BCUT2D eigenvalue weighted by Crippen LogP contribution is -2.13. The molecule has 0 aliphatic rings. The first-order valence-electron chi connectivity index (χ1n) is 5.86. The molecule has 3 nitrogen and oxygen atoms in total. The summed E-state index contributed by atoms with van der Waals surface area (Å²) in [6.45, 7) is 1.88. The van der Waals surface area contributed by atoms with Crippen LogP contribution < -0.4 is 5.32 Å². The number of carbonyl (C=O) groups is 1. The van der Waals surface area contributed by atoms with Crippen molar-refractivity contribution in [2.75, 3.05) is 11.6 Å². The minimum atomic E-state index is -0.218. The zero-order valence-electron chi connectivity index (χ0n) is 10.8. The van der Waals surface area contributed by atoms with Gasteiger partial charge in [-0.2, -0.15) is 0 Å². The number of phenols is 1. The lowest BCUT2D eigenvalue weighted by atomic mass is 10.2. The maximum atomic E-state index is 12.2. The van der Waals surface area contributed by atoms with Crippen molar-refractivity contribution in [3.63, 3.8) is 0 Å². The maximum Gasteiger partial charge on any atom is 0.256 e. The molecule has 4 heteroatoms. The average Bonchev–Trinajstić information content (AvgIpc) is 2.41. The van der Waals surface area contributed by atoms with Gasteiger partial charge in [-0.15, -0.1) is 11.8 Å². The number of hydrogen-bond acceptors (Lipinski definition) is 3. The second kappa shape index (κ2) is 5.80. The minimum absolute atomic E-state index is 0.0787. The summed E-state index contributed by atoms with van der Waals surface area (Å²) in [5.41, 5.74) is 1.97. The van der Waals surface area contributed by atoms with E-state index in [-0.39, 0.29) is 11.7 Å². The Morgan fingerprint density at radius 1 is 1.21 bits per heavy atom. The van der Waals surface area contributed by atoms with Gasteiger partial charge in [-0.3, -0.25) is 4.79 Å². The number of amides is 1. The quantitative estimate of drug-likeness (QED) is 0.662. The van der Waals surface area contributed by atoms with Gasteiger partial charge < -0.3 is 10.4 Å². The van der Waals surface area contributed by atoms with Crippen LogP contribution in [0, 0.1) is 6.92 Å². The third kappa shape index (κ3) is 3.09. The Morgan fingerprint density at radius 3 is 2.63 bits per heavy atom. The summed E-state index contributed by atoms with van der Waals surface area (Å²) in [4.78, 5) is 13.1. The van der Waals surface area contributed by atoms with E-state index < -0.39 is 0 Å². The van der Waals surface area contributed by atoms with Crippen LogP contribution in [0.5, 0.6) is 5.75 Å². The van der Waals surface area contributed by atoms with Crippen LogP contribution in [-0.4, -0.2) is 17.3 Å². The van der Waals surface area contributed by atoms with E-state index in [1.54, 1.807) is 18.2 Å². The van der Waals surface area contributed by atoms with Crippen molar-refractivity contribution in [3.8, 4) is 5.75 Å². The summed E-state index contributed by atoms with van der Waals surface area (Å²) in [5, 5.41) is 12.5. The molecule has 2 rings (SSSR count). The van der Waals surface area contributed by atoms with Crippen molar-refractivity contribution >= 4 is 23.4 Å². The van der Waals surface area contributed by atoms with Crippen LogP contribution in [-0.2, 0) is 0 Å². The highest BCUT2D eigenvalue weighted by atomic mass is 32.2. The zero-order chi connectivity index (χ0) is 13.8. The van der Waals surface area contributed by atoms with Gasteiger partial charge in [0, 0.05) is 4.90 Å². The summed E-state index contributed by atoms with van der Waals surface area (Å²) in [5.74, 6) is -0.140. The molecule has 0 aromatic heterocycles.